The Kier molecular flexibility index (Phi) is 6.72. The predicted molar refractivity (Wildman–Crippen MR) is 128 cm³/mol. The number of rotatable bonds is 6. The minimum atomic E-state index is 0.163. The van der Waals surface area contributed by atoms with Gasteiger partial charge in [0.25, 0.3) is 5.91 Å². The summed E-state index contributed by atoms with van der Waals surface area (Å²) in [6.45, 7) is 6.21. The summed E-state index contributed by atoms with van der Waals surface area (Å²) in [5.74, 6) is 1.20. The van der Waals surface area contributed by atoms with Crippen LogP contribution in [-0.4, -0.2) is 70.8 Å². The van der Waals surface area contributed by atoms with Crippen LogP contribution in [0.3, 0.4) is 0 Å². The topological polar surface area (TPSA) is 56.8 Å². The van der Waals surface area contributed by atoms with Gasteiger partial charge in [0.05, 0.1) is 0 Å². The minimum absolute atomic E-state index is 0.163. The monoisotopic (exact) mass is 446 g/mol. The molecule has 1 aliphatic carbocycles. The van der Waals surface area contributed by atoms with E-state index in [1.54, 1.807) is 0 Å². The zero-order chi connectivity index (χ0) is 22.6. The molecule has 5 rings (SSSR count). The molecule has 2 fully saturated rings. The molecular formula is C27H34N4O2. The third-order valence-corrected chi connectivity index (χ3v) is 7.72. The standard InChI is InChI=1S/C27H34N4O2/c32-26(30-17-15-29(16-18-30)14-11-21-9-12-28-13-10-21)23-7-5-22(6-8-23)19-31-20-24-3-1-2-4-25(24)27(31)33/h1-4,9-10,12-13,22-23H,5-8,11,14-20H2. The van der Waals surface area contributed by atoms with Crippen molar-refractivity contribution in [2.45, 2.75) is 38.6 Å². The maximum absolute atomic E-state index is 13.1. The number of hydrogen-bond donors (Lipinski definition) is 0. The molecule has 0 bridgehead atoms. The van der Waals surface area contributed by atoms with Gasteiger partial charge in [-0.05, 0) is 67.3 Å². The lowest BCUT2D eigenvalue weighted by Gasteiger charge is -2.38. The van der Waals surface area contributed by atoms with E-state index >= 15 is 0 Å². The zero-order valence-electron chi connectivity index (χ0n) is 19.4. The lowest BCUT2D eigenvalue weighted by Crippen LogP contribution is -2.51. The van der Waals surface area contributed by atoms with Crippen LogP contribution in [0.1, 0.15) is 47.2 Å². The fraction of sp³-hybridized carbons (Fsp3) is 0.519. The number of amides is 2. The molecule has 2 aliphatic heterocycles. The molecule has 1 saturated carbocycles. The lowest BCUT2D eigenvalue weighted by molar-refractivity contribution is -0.138. The van der Waals surface area contributed by atoms with Gasteiger partial charge < -0.3 is 9.80 Å². The third kappa shape index (κ3) is 5.11. The second-order valence-corrected chi connectivity index (χ2v) is 9.83. The van der Waals surface area contributed by atoms with Crippen molar-refractivity contribution in [3.63, 3.8) is 0 Å². The van der Waals surface area contributed by atoms with E-state index in [4.69, 9.17) is 0 Å². The van der Waals surface area contributed by atoms with Crippen LogP contribution in [-0.2, 0) is 17.8 Å². The lowest BCUT2D eigenvalue weighted by atomic mass is 9.81. The summed E-state index contributed by atoms with van der Waals surface area (Å²) < 4.78 is 0. The summed E-state index contributed by atoms with van der Waals surface area (Å²) in [4.78, 5) is 36.4. The fourth-order valence-electron chi connectivity index (χ4n) is 5.65. The van der Waals surface area contributed by atoms with Gasteiger partial charge in [-0.15, -0.1) is 0 Å². The van der Waals surface area contributed by atoms with Crippen molar-refractivity contribution in [2.75, 3.05) is 39.3 Å². The summed E-state index contributed by atoms with van der Waals surface area (Å²) in [6.07, 6.45) is 8.74. The Labute approximate surface area is 196 Å². The first-order valence-electron chi connectivity index (χ1n) is 12.4. The van der Waals surface area contributed by atoms with Crippen LogP contribution < -0.4 is 0 Å². The van der Waals surface area contributed by atoms with Crippen LogP contribution in [0.4, 0.5) is 0 Å². The molecule has 1 saturated heterocycles. The Balaban J connectivity index is 1.03. The van der Waals surface area contributed by atoms with Gasteiger partial charge in [0.1, 0.15) is 0 Å². The second-order valence-electron chi connectivity index (χ2n) is 9.83. The van der Waals surface area contributed by atoms with Crippen molar-refractivity contribution in [3.05, 3.63) is 65.5 Å². The fourth-order valence-corrected chi connectivity index (χ4v) is 5.65. The van der Waals surface area contributed by atoms with E-state index in [0.717, 1.165) is 89.0 Å². The maximum Gasteiger partial charge on any atom is 0.254 e. The molecule has 6 heteroatoms. The first kappa shape index (κ1) is 22.1. The summed E-state index contributed by atoms with van der Waals surface area (Å²) in [5.41, 5.74) is 3.33. The van der Waals surface area contributed by atoms with E-state index in [0.29, 0.717) is 11.8 Å². The van der Waals surface area contributed by atoms with E-state index in [2.05, 4.69) is 33.0 Å². The molecule has 0 radical (unpaired) electrons. The van der Waals surface area contributed by atoms with Crippen molar-refractivity contribution in [2.24, 2.45) is 11.8 Å². The highest BCUT2D eigenvalue weighted by molar-refractivity contribution is 5.98. The molecule has 0 unspecified atom stereocenters. The van der Waals surface area contributed by atoms with E-state index in [9.17, 15) is 9.59 Å². The number of carbonyl (C=O) groups excluding carboxylic acids is 2. The first-order valence-corrected chi connectivity index (χ1v) is 12.4. The van der Waals surface area contributed by atoms with Crippen molar-refractivity contribution < 1.29 is 9.59 Å². The number of pyridine rings is 1. The number of nitrogens with zero attached hydrogens (tertiary/aromatic N) is 4. The highest BCUT2D eigenvalue weighted by Crippen LogP contribution is 2.33. The molecule has 2 aromatic rings. The highest BCUT2D eigenvalue weighted by atomic mass is 16.2. The SMILES string of the molecule is O=C1c2ccccc2CN1CC1CCC(C(=O)N2CCN(CCc3ccncc3)CC2)CC1. The quantitative estimate of drug-likeness (QED) is 0.684. The molecule has 6 nitrogen and oxygen atoms in total. The molecule has 174 valence electrons. The molecule has 2 amide bonds. The average Bonchev–Trinajstić information content (AvgIpc) is 3.19. The smallest absolute Gasteiger partial charge is 0.254 e. The Bertz CT molecular complexity index is 963. The van der Waals surface area contributed by atoms with Crippen molar-refractivity contribution in [3.8, 4) is 0 Å². The molecule has 1 aromatic carbocycles. The van der Waals surface area contributed by atoms with Gasteiger partial charge in [-0.25, -0.2) is 0 Å². The average molecular weight is 447 g/mol. The number of benzene rings is 1. The van der Waals surface area contributed by atoms with Gasteiger partial charge in [0.15, 0.2) is 0 Å². The normalized spacial score (nSPS) is 23.6. The minimum Gasteiger partial charge on any atom is -0.340 e. The number of carbonyl (C=O) groups is 2. The van der Waals surface area contributed by atoms with Crippen LogP contribution >= 0.6 is 0 Å². The second kappa shape index (κ2) is 10.0. The van der Waals surface area contributed by atoms with Gasteiger partial charge in [-0.3, -0.25) is 19.5 Å². The largest absolute Gasteiger partial charge is 0.340 e. The van der Waals surface area contributed by atoms with Gasteiger partial charge >= 0.3 is 0 Å². The Morgan fingerprint density at radius 3 is 2.39 bits per heavy atom. The van der Waals surface area contributed by atoms with Crippen LogP contribution in [0.5, 0.6) is 0 Å². The summed E-state index contributed by atoms with van der Waals surface area (Å²) in [6, 6.07) is 12.1. The van der Waals surface area contributed by atoms with Gasteiger partial charge in [-0.2, -0.15) is 0 Å². The summed E-state index contributed by atoms with van der Waals surface area (Å²) in [7, 11) is 0. The van der Waals surface area contributed by atoms with Crippen molar-refractivity contribution in [1.29, 1.82) is 0 Å². The van der Waals surface area contributed by atoms with Crippen molar-refractivity contribution in [1.82, 2.24) is 19.7 Å². The molecule has 0 spiro atoms. The summed E-state index contributed by atoms with van der Waals surface area (Å²) in [5, 5.41) is 0. The number of fused-ring (bicyclic) bond motifs is 1. The van der Waals surface area contributed by atoms with Crippen molar-refractivity contribution >= 4 is 11.8 Å². The van der Waals surface area contributed by atoms with Gasteiger partial charge in [0, 0.05) is 69.7 Å². The highest BCUT2D eigenvalue weighted by Gasteiger charge is 2.34. The Hall–Kier alpha value is -2.73. The molecular weight excluding hydrogens is 412 g/mol. The van der Waals surface area contributed by atoms with Crippen LogP contribution in [0.2, 0.25) is 0 Å². The van der Waals surface area contributed by atoms with Crippen LogP contribution in [0, 0.1) is 11.8 Å². The van der Waals surface area contributed by atoms with Gasteiger partial charge in [-0.1, -0.05) is 18.2 Å². The molecule has 0 N–H and O–H groups in total. The van der Waals surface area contributed by atoms with E-state index < -0.39 is 0 Å². The first-order chi connectivity index (χ1) is 16.2. The third-order valence-electron chi connectivity index (χ3n) is 7.72. The van der Waals surface area contributed by atoms with E-state index in [1.165, 1.54) is 5.56 Å². The Morgan fingerprint density at radius 2 is 1.67 bits per heavy atom. The van der Waals surface area contributed by atoms with E-state index in [-0.39, 0.29) is 11.8 Å². The maximum atomic E-state index is 13.1. The molecule has 3 heterocycles. The van der Waals surface area contributed by atoms with E-state index in [1.807, 2.05) is 35.5 Å². The van der Waals surface area contributed by atoms with Crippen LogP contribution in [0.15, 0.2) is 48.8 Å². The number of aromatic nitrogens is 1. The Morgan fingerprint density at radius 1 is 0.939 bits per heavy atom. The zero-order valence-corrected chi connectivity index (χ0v) is 19.4. The van der Waals surface area contributed by atoms with Crippen LogP contribution in [0.25, 0.3) is 0 Å². The number of hydrogen-bond acceptors (Lipinski definition) is 4. The summed E-state index contributed by atoms with van der Waals surface area (Å²) >= 11 is 0. The molecule has 1 aromatic heterocycles. The van der Waals surface area contributed by atoms with Gasteiger partial charge in [0.2, 0.25) is 5.91 Å². The molecule has 3 aliphatic rings. The predicted octanol–water partition coefficient (Wildman–Crippen LogP) is 3.23. The number of piperazine rings is 1. The molecule has 0 atom stereocenters. The molecule has 33 heavy (non-hydrogen) atoms.